The van der Waals surface area contributed by atoms with Crippen LogP contribution in [-0.2, 0) is 14.6 Å². The molecule has 0 aliphatic carbocycles. The zero-order valence-electron chi connectivity index (χ0n) is 9.05. The van der Waals surface area contributed by atoms with Gasteiger partial charge in [0.2, 0.25) is 0 Å². The van der Waals surface area contributed by atoms with Crippen LogP contribution in [0, 0.1) is 5.92 Å². The van der Waals surface area contributed by atoms with E-state index in [0.29, 0.717) is 25.1 Å². The number of carboxylic acid groups (broad SMARTS) is 1. The van der Waals surface area contributed by atoms with E-state index in [2.05, 4.69) is 5.32 Å². The molecule has 3 atom stereocenters. The van der Waals surface area contributed by atoms with Gasteiger partial charge in [-0.3, -0.25) is 4.79 Å². The van der Waals surface area contributed by atoms with Gasteiger partial charge in [-0.1, -0.05) is 0 Å². The van der Waals surface area contributed by atoms with Crippen molar-refractivity contribution in [3.63, 3.8) is 0 Å². The molecule has 2 N–H and O–H groups in total. The van der Waals surface area contributed by atoms with Crippen molar-refractivity contribution in [1.29, 1.82) is 0 Å². The van der Waals surface area contributed by atoms with Crippen LogP contribution in [0.3, 0.4) is 0 Å². The van der Waals surface area contributed by atoms with Crippen molar-refractivity contribution in [2.75, 3.05) is 12.3 Å². The largest absolute Gasteiger partial charge is 0.480 e. The second-order valence-corrected chi connectivity index (χ2v) is 7.17. The monoisotopic (exact) mass is 247 g/mol. The van der Waals surface area contributed by atoms with Crippen LogP contribution >= 0.6 is 0 Å². The number of hydrogen-bond acceptors (Lipinski definition) is 4. The van der Waals surface area contributed by atoms with Gasteiger partial charge in [-0.15, -0.1) is 0 Å². The van der Waals surface area contributed by atoms with Crippen molar-refractivity contribution >= 4 is 15.8 Å². The summed E-state index contributed by atoms with van der Waals surface area (Å²) in [5.41, 5.74) is 0. The minimum absolute atomic E-state index is 0.193. The van der Waals surface area contributed by atoms with Crippen molar-refractivity contribution in [2.24, 2.45) is 5.92 Å². The average Bonchev–Trinajstić information content (AvgIpc) is 2.75. The van der Waals surface area contributed by atoms with E-state index < -0.39 is 21.8 Å². The van der Waals surface area contributed by atoms with Gasteiger partial charge < -0.3 is 10.4 Å². The molecule has 3 unspecified atom stereocenters. The number of carbonyl (C=O) groups is 1. The molecule has 0 saturated carbocycles. The highest BCUT2D eigenvalue weighted by atomic mass is 32.2. The number of nitrogens with one attached hydrogen (secondary N) is 1. The maximum absolute atomic E-state index is 11.6. The highest BCUT2D eigenvalue weighted by Gasteiger charge is 2.36. The van der Waals surface area contributed by atoms with Crippen molar-refractivity contribution in [3.05, 3.63) is 0 Å². The molecule has 0 spiro atoms. The highest BCUT2D eigenvalue weighted by molar-refractivity contribution is 7.92. The van der Waals surface area contributed by atoms with Crippen molar-refractivity contribution in [1.82, 2.24) is 5.32 Å². The Balaban J connectivity index is 1.90. The van der Waals surface area contributed by atoms with Crippen molar-refractivity contribution in [3.8, 4) is 0 Å². The zero-order chi connectivity index (χ0) is 11.8. The maximum atomic E-state index is 11.6. The molecule has 5 nitrogen and oxygen atoms in total. The quantitative estimate of drug-likeness (QED) is 0.734. The van der Waals surface area contributed by atoms with Crippen LogP contribution in [0.25, 0.3) is 0 Å². The fraction of sp³-hybridized carbons (Fsp3) is 0.900. The number of carboxylic acids is 1. The third kappa shape index (κ3) is 2.38. The number of hydrogen-bond donors (Lipinski definition) is 2. The molecule has 92 valence electrons. The molecule has 2 heterocycles. The Kier molecular flexibility index (Phi) is 3.21. The molecule has 0 amide bonds. The van der Waals surface area contributed by atoms with Gasteiger partial charge in [-0.25, -0.2) is 8.42 Å². The lowest BCUT2D eigenvalue weighted by molar-refractivity contribution is -0.139. The normalized spacial score (nSPS) is 37.6. The molecular weight excluding hydrogens is 230 g/mol. The van der Waals surface area contributed by atoms with E-state index in [0.717, 1.165) is 12.8 Å². The Labute approximate surface area is 95.1 Å². The lowest BCUT2D eigenvalue weighted by atomic mass is 9.98. The first-order valence-corrected chi connectivity index (χ1v) is 7.38. The van der Waals surface area contributed by atoms with E-state index in [-0.39, 0.29) is 11.2 Å². The Morgan fingerprint density at radius 3 is 2.69 bits per heavy atom. The molecule has 2 rings (SSSR count). The van der Waals surface area contributed by atoms with E-state index in [1.54, 1.807) is 0 Å². The lowest BCUT2D eigenvalue weighted by Crippen LogP contribution is -2.29. The first-order valence-electron chi connectivity index (χ1n) is 5.67. The lowest BCUT2D eigenvalue weighted by Gasteiger charge is -2.13. The van der Waals surface area contributed by atoms with Crippen molar-refractivity contribution < 1.29 is 18.3 Å². The van der Waals surface area contributed by atoms with Gasteiger partial charge in [-0.05, 0) is 38.1 Å². The molecular formula is C10H17NO4S. The molecule has 0 radical (unpaired) electrons. The van der Waals surface area contributed by atoms with E-state index in [9.17, 15) is 13.2 Å². The molecule has 2 aliphatic rings. The average molecular weight is 247 g/mol. The SMILES string of the molecule is O=C(O)C1CC(CC2CCCS2(=O)=O)CN1. The summed E-state index contributed by atoms with van der Waals surface area (Å²) in [4.78, 5) is 10.7. The standard InChI is InChI=1S/C10H17NO4S/c12-10(13)9-5-7(6-11-9)4-8-2-1-3-16(8,14)15/h7-9,11H,1-6H2,(H,12,13). The first kappa shape index (κ1) is 11.9. The van der Waals surface area contributed by atoms with Gasteiger partial charge in [0.1, 0.15) is 6.04 Å². The van der Waals surface area contributed by atoms with E-state index in [1.807, 2.05) is 0 Å². The third-order valence-electron chi connectivity index (χ3n) is 3.58. The van der Waals surface area contributed by atoms with Crippen LogP contribution in [0.4, 0.5) is 0 Å². The van der Waals surface area contributed by atoms with E-state index in [4.69, 9.17) is 5.11 Å². The molecule has 16 heavy (non-hydrogen) atoms. The maximum Gasteiger partial charge on any atom is 0.320 e. The summed E-state index contributed by atoms with van der Waals surface area (Å²) in [5.74, 6) is -0.337. The smallest absolute Gasteiger partial charge is 0.320 e. The van der Waals surface area contributed by atoms with Gasteiger partial charge in [0, 0.05) is 0 Å². The summed E-state index contributed by atoms with van der Waals surface area (Å²) in [5, 5.41) is 11.5. The van der Waals surface area contributed by atoms with Crippen LogP contribution in [0.15, 0.2) is 0 Å². The highest BCUT2D eigenvalue weighted by Crippen LogP contribution is 2.29. The Morgan fingerprint density at radius 1 is 1.44 bits per heavy atom. The van der Waals surface area contributed by atoms with E-state index >= 15 is 0 Å². The summed E-state index contributed by atoms with van der Waals surface area (Å²) < 4.78 is 23.3. The summed E-state index contributed by atoms with van der Waals surface area (Å²) in [7, 11) is -2.89. The third-order valence-corrected chi connectivity index (χ3v) is 5.88. The molecule has 0 aromatic rings. The van der Waals surface area contributed by atoms with Gasteiger partial charge in [-0.2, -0.15) is 0 Å². The van der Waals surface area contributed by atoms with Crippen LogP contribution in [0.1, 0.15) is 25.7 Å². The minimum atomic E-state index is -2.89. The number of rotatable bonds is 3. The summed E-state index contributed by atoms with van der Waals surface area (Å²) >= 11 is 0. The number of aliphatic carboxylic acids is 1. The van der Waals surface area contributed by atoms with Gasteiger partial charge in [0.15, 0.2) is 9.84 Å². The van der Waals surface area contributed by atoms with Gasteiger partial charge in [0.05, 0.1) is 11.0 Å². The summed E-state index contributed by atoms with van der Waals surface area (Å²) in [6, 6.07) is -0.492. The molecule has 2 fully saturated rings. The molecule has 2 saturated heterocycles. The Morgan fingerprint density at radius 2 is 2.19 bits per heavy atom. The van der Waals surface area contributed by atoms with E-state index in [1.165, 1.54) is 0 Å². The zero-order valence-corrected chi connectivity index (χ0v) is 9.87. The molecule has 6 heteroatoms. The predicted octanol–water partition coefficient (Wildman–Crippen LogP) is 0.0164. The summed E-state index contributed by atoms with van der Waals surface area (Å²) in [6.45, 7) is 0.628. The molecule has 0 aromatic carbocycles. The molecule has 0 aromatic heterocycles. The van der Waals surface area contributed by atoms with Gasteiger partial charge in [0.25, 0.3) is 0 Å². The Bertz CT molecular complexity index is 378. The van der Waals surface area contributed by atoms with Crippen molar-refractivity contribution in [2.45, 2.75) is 37.0 Å². The van der Waals surface area contributed by atoms with Crippen LogP contribution in [-0.4, -0.2) is 43.1 Å². The Hall–Kier alpha value is -0.620. The molecule has 0 bridgehead atoms. The van der Waals surface area contributed by atoms with Crippen LogP contribution in [0.5, 0.6) is 0 Å². The van der Waals surface area contributed by atoms with Gasteiger partial charge >= 0.3 is 5.97 Å². The fourth-order valence-electron chi connectivity index (χ4n) is 2.67. The molecule has 2 aliphatic heterocycles. The second-order valence-electron chi connectivity index (χ2n) is 4.77. The predicted molar refractivity (Wildman–Crippen MR) is 59.0 cm³/mol. The van der Waals surface area contributed by atoms with Crippen LogP contribution < -0.4 is 5.32 Å². The number of sulfone groups is 1. The topological polar surface area (TPSA) is 83.5 Å². The van der Waals surface area contributed by atoms with Crippen LogP contribution in [0.2, 0.25) is 0 Å². The first-order chi connectivity index (χ1) is 7.49. The second kappa shape index (κ2) is 4.33. The summed E-state index contributed by atoms with van der Waals surface area (Å²) in [6.07, 6.45) is 2.69. The fourth-order valence-corrected chi connectivity index (χ4v) is 4.66. The minimum Gasteiger partial charge on any atom is -0.480 e.